The van der Waals surface area contributed by atoms with Crippen LogP contribution in [0.4, 0.5) is 4.79 Å². The minimum atomic E-state index is -1.05. The van der Waals surface area contributed by atoms with E-state index in [0.29, 0.717) is 42.8 Å². The Bertz CT molecular complexity index is 812. The third-order valence-electron chi connectivity index (χ3n) is 4.61. The van der Waals surface area contributed by atoms with Crippen molar-refractivity contribution in [2.75, 3.05) is 13.1 Å². The number of hydrogen-bond acceptors (Lipinski definition) is 5. The van der Waals surface area contributed by atoms with Crippen molar-refractivity contribution in [3.63, 3.8) is 0 Å². The molecule has 1 fully saturated rings. The molecule has 1 spiro atoms. The minimum Gasteiger partial charge on any atom is -0.478 e. The first-order chi connectivity index (χ1) is 12.6. The van der Waals surface area contributed by atoms with E-state index in [1.54, 1.807) is 23.1 Å². The van der Waals surface area contributed by atoms with Gasteiger partial charge < -0.3 is 19.5 Å². The number of likely N-dealkylation sites (tertiary alicyclic amines) is 1. The van der Waals surface area contributed by atoms with E-state index in [0.717, 1.165) is 6.08 Å². The summed E-state index contributed by atoms with van der Waals surface area (Å²) in [6.07, 6.45) is 2.85. The van der Waals surface area contributed by atoms with Crippen molar-refractivity contribution < 1.29 is 29.0 Å². The van der Waals surface area contributed by atoms with E-state index in [2.05, 4.69) is 0 Å². The zero-order chi connectivity index (χ0) is 19.8. The molecule has 7 heteroatoms. The molecule has 0 aliphatic carbocycles. The van der Waals surface area contributed by atoms with Gasteiger partial charge in [0.1, 0.15) is 11.4 Å². The van der Waals surface area contributed by atoms with Crippen molar-refractivity contribution in [2.24, 2.45) is 0 Å². The number of Topliss-reactive ketones (excluding diaryl/α,β-unsaturated/α-hetero) is 1. The molecule has 1 amide bonds. The molecule has 1 aromatic rings. The van der Waals surface area contributed by atoms with Crippen molar-refractivity contribution in [3.8, 4) is 5.75 Å². The van der Waals surface area contributed by atoms with Gasteiger partial charge in [-0.1, -0.05) is 6.07 Å². The van der Waals surface area contributed by atoms with Crippen LogP contribution in [0.15, 0.2) is 24.3 Å². The zero-order valence-corrected chi connectivity index (χ0v) is 15.7. The molecule has 0 bridgehead atoms. The normalized spacial score (nSPS) is 18.5. The largest absolute Gasteiger partial charge is 0.478 e. The van der Waals surface area contributed by atoms with E-state index in [1.165, 1.54) is 6.08 Å². The number of carboxylic acids is 1. The van der Waals surface area contributed by atoms with Gasteiger partial charge >= 0.3 is 12.1 Å². The molecule has 2 aliphatic rings. The summed E-state index contributed by atoms with van der Waals surface area (Å²) in [5.74, 6) is -0.672. The molecule has 2 aliphatic heterocycles. The lowest BCUT2D eigenvalue weighted by Crippen LogP contribution is -2.52. The maximum Gasteiger partial charge on any atom is 0.410 e. The van der Waals surface area contributed by atoms with Crippen LogP contribution < -0.4 is 4.74 Å². The fourth-order valence-electron chi connectivity index (χ4n) is 3.29. The Morgan fingerprint density at radius 3 is 2.52 bits per heavy atom. The maximum absolute atomic E-state index is 13.0. The Labute approximate surface area is 157 Å². The predicted molar refractivity (Wildman–Crippen MR) is 97.8 cm³/mol. The van der Waals surface area contributed by atoms with E-state index in [4.69, 9.17) is 14.6 Å². The van der Waals surface area contributed by atoms with Gasteiger partial charge in [-0.25, -0.2) is 9.59 Å². The Balaban J connectivity index is 1.71. The topological polar surface area (TPSA) is 93.1 Å². The first kappa shape index (κ1) is 18.9. The highest BCUT2D eigenvalue weighted by molar-refractivity contribution is 6.08. The van der Waals surface area contributed by atoms with Crippen molar-refractivity contribution in [2.45, 2.75) is 44.8 Å². The average Bonchev–Trinajstić information content (AvgIpc) is 2.84. The number of fused-ring (bicyclic) bond motifs is 1. The highest BCUT2D eigenvalue weighted by Gasteiger charge is 2.50. The molecule has 3 rings (SSSR count). The summed E-state index contributed by atoms with van der Waals surface area (Å²) in [5, 5.41) is 8.74. The number of carbonyl (C=O) groups excluding carboxylic acids is 2. The maximum atomic E-state index is 13.0. The number of piperidine rings is 1. The number of carbonyl (C=O) groups is 3. The summed E-state index contributed by atoms with van der Waals surface area (Å²) in [6.45, 7) is 6.19. The lowest BCUT2D eigenvalue weighted by atomic mass is 9.85. The van der Waals surface area contributed by atoms with Crippen LogP contribution in [0.3, 0.4) is 0 Å². The Hall–Kier alpha value is -2.83. The summed E-state index contributed by atoms with van der Waals surface area (Å²) in [6, 6.07) is 5.04. The first-order valence-corrected chi connectivity index (χ1v) is 8.86. The molecule has 0 radical (unpaired) electrons. The van der Waals surface area contributed by atoms with Crippen LogP contribution in [0.1, 0.15) is 49.5 Å². The molecule has 1 saturated heterocycles. The summed E-state index contributed by atoms with van der Waals surface area (Å²) in [7, 11) is 0. The van der Waals surface area contributed by atoms with Crippen molar-refractivity contribution >= 4 is 23.9 Å². The van der Waals surface area contributed by atoms with Crippen LogP contribution in [0.2, 0.25) is 0 Å². The lowest BCUT2D eigenvalue weighted by molar-refractivity contribution is -0.131. The third kappa shape index (κ3) is 3.97. The van der Waals surface area contributed by atoms with E-state index < -0.39 is 17.2 Å². The molecule has 2 heterocycles. The second-order valence-electron chi connectivity index (χ2n) is 7.82. The van der Waals surface area contributed by atoms with Gasteiger partial charge in [0.25, 0.3) is 0 Å². The number of ketones is 1. The van der Waals surface area contributed by atoms with E-state index >= 15 is 0 Å². The van der Waals surface area contributed by atoms with Gasteiger partial charge in [-0.05, 0) is 44.5 Å². The molecule has 0 aromatic heterocycles. The quantitative estimate of drug-likeness (QED) is 0.801. The molecule has 144 valence electrons. The molecule has 1 aromatic carbocycles. The summed E-state index contributed by atoms with van der Waals surface area (Å²) in [4.78, 5) is 37.4. The van der Waals surface area contributed by atoms with Crippen LogP contribution in [-0.4, -0.2) is 52.1 Å². The predicted octanol–water partition coefficient (Wildman–Crippen LogP) is 3.13. The van der Waals surface area contributed by atoms with Crippen LogP contribution in [0.5, 0.6) is 5.75 Å². The highest BCUT2D eigenvalue weighted by Crippen LogP contribution is 2.41. The summed E-state index contributed by atoms with van der Waals surface area (Å²) in [5.41, 5.74) is -0.456. The van der Waals surface area contributed by atoms with Gasteiger partial charge in [0.15, 0.2) is 5.60 Å². The zero-order valence-electron chi connectivity index (χ0n) is 15.7. The smallest absolute Gasteiger partial charge is 0.410 e. The second-order valence-corrected chi connectivity index (χ2v) is 7.82. The van der Waals surface area contributed by atoms with Gasteiger partial charge in [-0.15, -0.1) is 0 Å². The lowest BCUT2D eigenvalue weighted by Gasteiger charge is -2.37. The van der Waals surface area contributed by atoms with Gasteiger partial charge in [-0.3, -0.25) is 4.79 Å². The molecular weight excluding hydrogens is 350 g/mol. The molecule has 27 heavy (non-hydrogen) atoms. The van der Waals surface area contributed by atoms with E-state index in [9.17, 15) is 14.4 Å². The van der Waals surface area contributed by atoms with Crippen LogP contribution in [0.25, 0.3) is 6.08 Å². The molecular formula is C20H23NO6. The molecule has 0 saturated carbocycles. The van der Waals surface area contributed by atoms with Crippen LogP contribution in [-0.2, 0) is 9.53 Å². The summed E-state index contributed by atoms with van der Waals surface area (Å²) < 4.78 is 11.4. The first-order valence-electron chi connectivity index (χ1n) is 8.86. The Morgan fingerprint density at radius 2 is 1.93 bits per heavy atom. The fraction of sp³-hybridized carbons (Fsp3) is 0.450. The van der Waals surface area contributed by atoms with Crippen LogP contribution in [0, 0.1) is 0 Å². The highest BCUT2D eigenvalue weighted by atomic mass is 16.6. The number of rotatable bonds is 2. The van der Waals surface area contributed by atoms with Crippen molar-refractivity contribution in [1.82, 2.24) is 4.90 Å². The average molecular weight is 373 g/mol. The van der Waals surface area contributed by atoms with Crippen molar-refractivity contribution in [3.05, 3.63) is 35.4 Å². The van der Waals surface area contributed by atoms with E-state index in [-0.39, 0.29) is 11.9 Å². The Kier molecular flexibility index (Phi) is 4.71. The molecule has 1 N–H and O–H groups in total. The van der Waals surface area contributed by atoms with Crippen LogP contribution >= 0.6 is 0 Å². The second kappa shape index (κ2) is 6.72. The Morgan fingerprint density at radius 1 is 1.26 bits per heavy atom. The standard InChI is InChI=1S/C20H23NO6/c1-19(2,3)27-18(25)21-10-8-20(9-11-21)17(24)14-12-13(5-7-16(22)23)4-6-15(14)26-20/h4-7,12H,8-11H2,1-3H3,(H,22,23). The number of hydrogen-bond donors (Lipinski definition) is 1. The number of aliphatic carboxylic acids is 1. The number of benzene rings is 1. The van der Waals surface area contributed by atoms with Gasteiger partial charge in [-0.2, -0.15) is 0 Å². The minimum absolute atomic E-state index is 0.119. The number of ether oxygens (including phenoxy) is 2. The molecule has 0 unspecified atom stereocenters. The summed E-state index contributed by atoms with van der Waals surface area (Å²) >= 11 is 0. The number of amides is 1. The van der Waals surface area contributed by atoms with E-state index in [1.807, 2.05) is 20.8 Å². The third-order valence-corrected chi connectivity index (χ3v) is 4.61. The SMILES string of the molecule is CC(C)(C)OC(=O)N1CCC2(CC1)Oc1ccc(C=CC(=O)O)cc1C2=O. The number of carboxylic acid groups (broad SMARTS) is 1. The van der Waals surface area contributed by atoms with Crippen molar-refractivity contribution in [1.29, 1.82) is 0 Å². The molecule has 0 atom stereocenters. The van der Waals surface area contributed by atoms with Gasteiger partial charge in [0, 0.05) is 32.0 Å². The monoisotopic (exact) mass is 373 g/mol. The molecule has 7 nitrogen and oxygen atoms in total. The number of nitrogens with zero attached hydrogens (tertiary/aromatic N) is 1. The fourth-order valence-corrected chi connectivity index (χ4v) is 3.29. The van der Waals surface area contributed by atoms with Gasteiger partial charge in [0.05, 0.1) is 5.56 Å². The van der Waals surface area contributed by atoms with Gasteiger partial charge in [0.2, 0.25) is 5.78 Å².